The number of nitrogens with zero attached hydrogens (tertiary/aromatic N) is 1. The molecule has 2 aliphatic rings. The summed E-state index contributed by atoms with van der Waals surface area (Å²) >= 11 is 7.60. The number of fused-ring (bicyclic) bond motifs is 1. The number of halogens is 1. The average Bonchev–Trinajstić information content (AvgIpc) is 2.84. The van der Waals surface area contributed by atoms with Crippen LogP contribution in [0.25, 0.3) is 0 Å². The highest BCUT2D eigenvalue weighted by molar-refractivity contribution is 8.00. The molecule has 0 aliphatic carbocycles. The number of esters is 1. The quantitative estimate of drug-likeness (QED) is 0.344. The van der Waals surface area contributed by atoms with Gasteiger partial charge < -0.3 is 14.8 Å². The second-order valence-electron chi connectivity index (χ2n) is 9.23. The SMILES string of the molecule is CC(C)(C)OC(=O)N[C@H]1C(=O)N2C(C(=O)OC(c3ccccc3)c3ccccc3)=C(CCl)CS[C@@H]12. The molecule has 35 heavy (non-hydrogen) atoms. The van der Waals surface area contributed by atoms with Crippen molar-refractivity contribution in [2.24, 2.45) is 0 Å². The van der Waals surface area contributed by atoms with Gasteiger partial charge in [0.2, 0.25) is 0 Å². The molecule has 1 N–H and O–H groups in total. The van der Waals surface area contributed by atoms with E-state index in [9.17, 15) is 14.4 Å². The molecule has 7 nitrogen and oxygen atoms in total. The third kappa shape index (κ3) is 5.49. The van der Waals surface area contributed by atoms with Gasteiger partial charge in [-0.3, -0.25) is 9.69 Å². The molecular formula is C26H27ClN2O5S. The molecule has 0 spiro atoms. The fourth-order valence-electron chi connectivity index (χ4n) is 3.96. The van der Waals surface area contributed by atoms with Crippen LogP contribution in [0.1, 0.15) is 38.0 Å². The lowest BCUT2D eigenvalue weighted by atomic mass is 10.0. The molecule has 0 aromatic heterocycles. The minimum Gasteiger partial charge on any atom is -0.448 e. The highest BCUT2D eigenvalue weighted by Gasteiger charge is 2.55. The lowest BCUT2D eigenvalue weighted by Gasteiger charge is -2.49. The molecule has 0 bridgehead atoms. The molecule has 4 rings (SSSR count). The molecule has 184 valence electrons. The number of ether oxygens (including phenoxy) is 2. The molecule has 2 aromatic rings. The Balaban J connectivity index is 1.57. The molecule has 2 heterocycles. The Morgan fingerprint density at radius 3 is 2.17 bits per heavy atom. The van der Waals surface area contributed by atoms with Crippen LogP contribution in [0.4, 0.5) is 4.79 Å². The van der Waals surface area contributed by atoms with Crippen molar-refractivity contribution < 1.29 is 23.9 Å². The zero-order chi connectivity index (χ0) is 25.2. The van der Waals surface area contributed by atoms with Gasteiger partial charge in [-0.25, -0.2) is 9.59 Å². The van der Waals surface area contributed by atoms with Crippen LogP contribution in [0.3, 0.4) is 0 Å². The topological polar surface area (TPSA) is 84.9 Å². The average molecular weight is 515 g/mol. The maximum atomic E-state index is 13.5. The van der Waals surface area contributed by atoms with Gasteiger partial charge in [-0.05, 0) is 37.5 Å². The summed E-state index contributed by atoms with van der Waals surface area (Å²) in [6.45, 7) is 5.24. The number of alkyl halides is 1. The summed E-state index contributed by atoms with van der Waals surface area (Å²) in [6, 6.07) is 18.0. The van der Waals surface area contributed by atoms with E-state index in [0.29, 0.717) is 11.3 Å². The van der Waals surface area contributed by atoms with Crippen LogP contribution in [-0.4, -0.2) is 51.5 Å². The van der Waals surface area contributed by atoms with Gasteiger partial charge in [0.05, 0.1) is 0 Å². The molecule has 0 saturated carbocycles. The Morgan fingerprint density at radius 1 is 1.09 bits per heavy atom. The maximum absolute atomic E-state index is 13.5. The lowest BCUT2D eigenvalue weighted by Crippen LogP contribution is -2.70. The third-order valence-electron chi connectivity index (χ3n) is 5.50. The zero-order valence-corrected chi connectivity index (χ0v) is 21.3. The number of carbonyl (C=O) groups is 3. The van der Waals surface area contributed by atoms with Gasteiger partial charge in [-0.15, -0.1) is 23.4 Å². The molecular weight excluding hydrogens is 488 g/mol. The summed E-state index contributed by atoms with van der Waals surface area (Å²) in [7, 11) is 0. The predicted molar refractivity (Wildman–Crippen MR) is 135 cm³/mol. The number of amides is 2. The van der Waals surface area contributed by atoms with Crippen LogP contribution in [0.15, 0.2) is 71.9 Å². The van der Waals surface area contributed by atoms with Crippen molar-refractivity contribution in [3.05, 3.63) is 83.1 Å². The molecule has 0 unspecified atom stereocenters. The van der Waals surface area contributed by atoms with E-state index in [1.165, 1.54) is 16.7 Å². The molecule has 2 atom stereocenters. The zero-order valence-electron chi connectivity index (χ0n) is 19.7. The Labute approximate surface area is 213 Å². The number of carbonyl (C=O) groups excluding carboxylic acids is 3. The minimum atomic E-state index is -0.798. The Kier molecular flexibility index (Phi) is 7.42. The first-order valence-electron chi connectivity index (χ1n) is 11.2. The first-order valence-corrected chi connectivity index (χ1v) is 12.8. The standard InChI is InChI=1S/C26H27ClN2O5S/c1-26(2,3)34-25(32)28-19-22(30)29-20(18(14-27)15-35-23(19)29)24(31)33-21(16-10-6-4-7-11-16)17-12-8-5-9-13-17/h4-13,19,21,23H,14-15H2,1-3H3,(H,28,32)/t19-,23-/m0/s1. The second-order valence-corrected chi connectivity index (χ2v) is 10.6. The number of β-lactam (4-membered cyclic amide) rings is 1. The predicted octanol–water partition coefficient (Wildman–Crippen LogP) is 4.62. The van der Waals surface area contributed by atoms with Crippen molar-refractivity contribution in [2.45, 2.75) is 43.9 Å². The van der Waals surface area contributed by atoms with Crippen molar-refractivity contribution in [1.29, 1.82) is 0 Å². The van der Waals surface area contributed by atoms with E-state index < -0.39 is 41.1 Å². The van der Waals surface area contributed by atoms with E-state index >= 15 is 0 Å². The smallest absolute Gasteiger partial charge is 0.408 e. The minimum absolute atomic E-state index is 0.0828. The van der Waals surface area contributed by atoms with E-state index in [2.05, 4.69) is 5.32 Å². The molecule has 1 fully saturated rings. The van der Waals surface area contributed by atoms with Gasteiger partial charge in [0.1, 0.15) is 22.7 Å². The normalized spacial score (nSPS) is 19.7. The van der Waals surface area contributed by atoms with E-state index in [1.54, 1.807) is 20.8 Å². The summed E-state index contributed by atoms with van der Waals surface area (Å²) in [5.41, 5.74) is 1.68. The van der Waals surface area contributed by atoms with E-state index in [0.717, 1.165) is 11.1 Å². The van der Waals surface area contributed by atoms with Gasteiger partial charge in [-0.2, -0.15) is 0 Å². The van der Waals surface area contributed by atoms with Crippen LogP contribution in [-0.2, 0) is 19.1 Å². The third-order valence-corrected chi connectivity index (χ3v) is 7.17. The molecule has 2 aliphatic heterocycles. The van der Waals surface area contributed by atoms with Crippen molar-refractivity contribution >= 4 is 41.3 Å². The van der Waals surface area contributed by atoms with Crippen LogP contribution in [0.2, 0.25) is 0 Å². The van der Waals surface area contributed by atoms with Gasteiger partial charge in [0.15, 0.2) is 6.10 Å². The number of rotatable bonds is 6. The molecule has 2 aromatic carbocycles. The summed E-state index contributed by atoms with van der Waals surface area (Å²) < 4.78 is 11.3. The van der Waals surface area contributed by atoms with Crippen molar-refractivity contribution in [2.75, 3.05) is 11.6 Å². The van der Waals surface area contributed by atoms with Crippen LogP contribution >= 0.6 is 23.4 Å². The van der Waals surface area contributed by atoms with Crippen molar-refractivity contribution in [1.82, 2.24) is 10.2 Å². The summed E-state index contributed by atoms with van der Waals surface area (Å²) in [6.07, 6.45) is -1.34. The van der Waals surface area contributed by atoms with Crippen molar-refractivity contribution in [3.8, 4) is 0 Å². The van der Waals surface area contributed by atoms with Gasteiger partial charge in [-0.1, -0.05) is 60.7 Å². The van der Waals surface area contributed by atoms with E-state index in [4.69, 9.17) is 21.1 Å². The van der Waals surface area contributed by atoms with Gasteiger partial charge in [0.25, 0.3) is 5.91 Å². The molecule has 9 heteroatoms. The Morgan fingerprint density at radius 2 is 1.66 bits per heavy atom. The van der Waals surface area contributed by atoms with Crippen molar-refractivity contribution in [3.63, 3.8) is 0 Å². The number of nitrogens with one attached hydrogen (secondary N) is 1. The van der Waals surface area contributed by atoms with E-state index in [1.807, 2.05) is 60.7 Å². The summed E-state index contributed by atoms with van der Waals surface area (Å²) in [5.74, 6) is -0.512. The number of hydrogen-bond donors (Lipinski definition) is 1. The first-order chi connectivity index (χ1) is 16.7. The summed E-state index contributed by atoms with van der Waals surface area (Å²) in [5, 5.41) is 2.18. The number of hydrogen-bond acceptors (Lipinski definition) is 6. The number of alkyl carbamates (subject to hydrolysis) is 1. The largest absolute Gasteiger partial charge is 0.448 e. The molecule has 0 radical (unpaired) electrons. The van der Waals surface area contributed by atoms with Crippen LogP contribution in [0.5, 0.6) is 0 Å². The second kappa shape index (κ2) is 10.3. The monoisotopic (exact) mass is 514 g/mol. The highest BCUT2D eigenvalue weighted by atomic mass is 35.5. The Hall–Kier alpha value is -2.97. The maximum Gasteiger partial charge on any atom is 0.408 e. The number of benzene rings is 2. The first kappa shape index (κ1) is 25.1. The van der Waals surface area contributed by atoms with Crippen LogP contribution < -0.4 is 5.32 Å². The fourth-order valence-corrected chi connectivity index (χ4v) is 5.64. The highest BCUT2D eigenvalue weighted by Crippen LogP contribution is 2.42. The molecule has 2 amide bonds. The van der Waals surface area contributed by atoms with Gasteiger partial charge >= 0.3 is 12.1 Å². The number of thioether (sulfide) groups is 1. The van der Waals surface area contributed by atoms with E-state index in [-0.39, 0.29) is 11.6 Å². The van der Waals surface area contributed by atoms with Gasteiger partial charge in [0, 0.05) is 11.6 Å². The lowest BCUT2D eigenvalue weighted by molar-refractivity contribution is -0.153. The molecule has 1 saturated heterocycles. The fraction of sp³-hybridized carbons (Fsp3) is 0.346. The van der Waals surface area contributed by atoms with Crippen LogP contribution in [0, 0.1) is 0 Å². The summed E-state index contributed by atoms with van der Waals surface area (Å²) in [4.78, 5) is 40.2. The Bertz CT molecular complexity index is 1090.